The van der Waals surface area contributed by atoms with Crippen LogP contribution in [0.2, 0.25) is 5.02 Å². The highest BCUT2D eigenvalue weighted by Crippen LogP contribution is 2.36. The Bertz CT molecular complexity index is 577. The molecule has 2 aliphatic rings. The zero-order chi connectivity index (χ0) is 16.6. The highest BCUT2D eigenvalue weighted by molar-refractivity contribution is 6.34. The van der Waals surface area contributed by atoms with Gasteiger partial charge in [0.1, 0.15) is 0 Å². The Morgan fingerprint density at radius 3 is 2.57 bits per heavy atom. The van der Waals surface area contributed by atoms with E-state index in [1.807, 2.05) is 6.92 Å². The van der Waals surface area contributed by atoms with E-state index in [0.29, 0.717) is 22.6 Å². The number of nitrogens with one attached hydrogen (secondary N) is 2. The maximum absolute atomic E-state index is 12.7. The monoisotopic (exact) mass is 340 g/mol. The number of halogens is 1. The molecule has 3 rings (SSSR count). The Balaban J connectivity index is 1.74. The van der Waals surface area contributed by atoms with Crippen molar-refractivity contribution in [1.82, 2.24) is 20.4 Å². The second kappa shape index (κ2) is 6.79. The Morgan fingerprint density at radius 1 is 1.39 bits per heavy atom. The van der Waals surface area contributed by atoms with Crippen molar-refractivity contribution >= 4 is 17.5 Å². The van der Waals surface area contributed by atoms with Crippen molar-refractivity contribution in [2.45, 2.75) is 44.8 Å². The Morgan fingerprint density at radius 2 is 2.04 bits per heavy atom. The molecule has 0 aromatic carbocycles. The Kier molecular flexibility index (Phi) is 4.94. The first-order valence-corrected chi connectivity index (χ1v) is 8.74. The maximum Gasteiger partial charge on any atom is 0.273 e. The number of amides is 1. The van der Waals surface area contributed by atoms with E-state index in [-0.39, 0.29) is 18.1 Å². The molecule has 1 aromatic heterocycles. The topological polar surface area (TPSA) is 79.2 Å². The molecule has 0 spiro atoms. The summed E-state index contributed by atoms with van der Waals surface area (Å²) in [6, 6.07) is 0.0892. The first kappa shape index (κ1) is 16.7. The maximum atomic E-state index is 12.7. The molecule has 1 saturated heterocycles. The van der Waals surface area contributed by atoms with Gasteiger partial charge in [0.2, 0.25) is 0 Å². The van der Waals surface area contributed by atoms with Gasteiger partial charge in [0.25, 0.3) is 5.91 Å². The van der Waals surface area contributed by atoms with Crippen LogP contribution in [-0.2, 0) is 7.05 Å². The van der Waals surface area contributed by atoms with E-state index < -0.39 is 0 Å². The van der Waals surface area contributed by atoms with Crippen molar-refractivity contribution in [3.8, 4) is 0 Å². The van der Waals surface area contributed by atoms with Crippen LogP contribution in [0.5, 0.6) is 0 Å². The molecule has 1 aromatic rings. The number of aromatic nitrogens is 2. The number of carbonyl (C=O) groups is 1. The summed E-state index contributed by atoms with van der Waals surface area (Å²) in [6.07, 6.45) is 3.41. The van der Waals surface area contributed by atoms with Crippen LogP contribution >= 0.6 is 11.6 Å². The van der Waals surface area contributed by atoms with Crippen molar-refractivity contribution in [2.24, 2.45) is 18.9 Å². The number of aryl methyl sites for hydroxylation is 1. The normalized spacial score (nSPS) is 26.6. The number of aliphatic hydroxyl groups excluding tert-OH is 1. The molecule has 2 heterocycles. The van der Waals surface area contributed by atoms with Crippen LogP contribution in [-0.4, -0.2) is 46.0 Å². The number of hydrogen-bond acceptors (Lipinski definition) is 4. The summed E-state index contributed by atoms with van der Waals surface area (Å²) in [5.41, 5.74) is 1.08. The van der Waals surface area contributed by atoms with Gasteiger partial charge in [-0.3, -0.25) is 9.48 Å². The molecule has 1 aliphatic heterocycles. The lowest BCUT2D eigenvalue weighted by Crippen LogP contribution is -2.53. The van der Waals surface area contributed by atoms with Gasteiger partial charge in [0.15, 0.2) is 5.69 Å². The second-order valence-corrected chi connectivity index (χ2v) is 7.22. The molecule has 0 bridgehead atoms. The van der Waals surface area contributed by atoms with Crippen LogP contribution in [0.3, 0.4) is 0 Å². The lowest BCUT2D eigenvalue weighted by atomic mass is 9.71. The molecular formula is C16H25ClN4O2. The largest absolute Gasteiger partial charge is 0.393 e. The van der Waals surface area contributed by atoms with Gasteiger partial charge >= 0.3 is 0 Å². The predicted octanol–water partition coefficient (Wildman–Crippen LogP) is 1.25. The van der Waals surface area contributed by atoms with E-state index in [0.717, 1.165) is 44.5 Å². The lowest BCUT2D eigenvalue weighted by Gasteiger charge is -2.43. The predicted molar refractivity (Wildman–Crippen MR) is 88.5 cm³/mol. The van der Waals surface area contributed by atoms with E-state index in [2.05, 4.69) is 15.7 Å². The molecule has 2 fully saturated rings. The van der Waals surface area contributed by atoms with Crippen LogP contribution in [0, 0.1) is 18.8 Å². The molecule has 3 N–H and O–H groups in total. The van der Waals surface area contributed by atoms with Crippen LogP contribution in [0.4, 0.5) is 0 Å². The summed E-state index contributed by atoms with van der Waals surface area (Å²) in [4.78, 5) is 12.7. The summed E-state index contributed by atoms with van der Waals surface area (Å²) >= 11 is 6.23. The Hall–Kier alpha value is -1.11. The van der Waals surface area contributed by atoms with Crippen molar-refractivity contribution in [2.75, 3.05) is 13.1 Å². The third-order valence-electron chi connectivity index (χ3n) is 5.32. The Labute approximate surface area is 141 Å². The van der Waals surface area contributed by atoms with Gasteiger partial charge in [0.05, 0.1) is 16.8 Å². The van der Waals surface area contributed by atoms with E-state index in [1.165, 1.54) is 0 Å². The highest BCUT2D eigenvalue weighted by atomic mass is 35.5. The summed E-state index contributed by atoms with van der Waals surface area (Å²) in [7, 11) is 1.78. The number of hydrogen-bond donors (Lipinski definition) is 3. The van der Waals surface area contributed by atoms with Gasteiger partial charge in [-0.05, 0) is 57.5 Å². The van der Waals surface area contributed by atoms with E-state index >= 15 is 0 Å². The average Bonchev–Trinajstić information content (AvgIpc) is 2.78. The first-order valence-electron chi connectivity index (χ1n) is 8.36. The van der Waals surface area contributed by atoms with Gasteiger partial charge in [-0.25, -0.2) is 0 Å². The van der Waals surface area contributed by atoms with E-state index in [9.17, 15) is 9.90 Å². The SMILES string of the molecule is Cc1c(Cl)c(C(=O)N[C@@H](C2CCNCC2)C2CC(O)C2)nn1C. The van der Waals surface area contributed by atoms with Gasteiger partial charge in [-0.1, -0.05) is 11.6 Å². The van der Waals surface area contributed by atoms with Crippen molar-refractivity contribution in [3.05, 3.63) is 16.4 Å². The highest BCUT2D eigenvalue weighted by Gasteiger charge is 2.39. The van der Waals surface area contributed by atoms with Gasteiger partial charge in [-0.2, -0.15) is 5.10 Å². The fourth-order valence-electron chi connectivity index (χ4n) is 3.69. The van der Waals surface area contributed by atoms with Gasteiger partial charge in [-0.15, -0.1) is 0 Å². The van der Waals surface area contributed by atoms with Crippen LogP contribution < -0.4 is 10.6 Å². The zero-order valence-corrected chi connectivity index (χ0v) is 14.4. The molecule has 7 heteroatoms. The number of rotatable bonds is 4. The summed E-state index contributed by atoms with van der Waals surface area (Å²) in [6.45, 7) is 3.81. The molecule has 0 unspecified atom stereocenters. The van der Waals surface area contributed by atoms with Crippen LogP contribution in [0.1, 0.15) is 41.9 Å². The van der Waals surface area contributed by atoms with Crippen LogP contribution in [0.15, 0.2) is 0 Å². The molecule has 6 nitrogen and oxygen atoms in total. The minimum atomic E-state index is -0.221. The van der Waals surface area contributed by atoms with Crippen LogP contribution in [0.25, 0.3) is 0 Å². The third-order valence-corrected chi connectivity index (χ3v) is 5.78. The summed E-state index contributed by atoms with van der Waals surface area (Å²) in [5, 5.41) is 20.8. The number of aliphatic hydroxyl groups is 1. The molecule has 23 heavy (non-hydrogen) atoms. The fraction of sp³-hybridized carbons (Fsp3) is 0.750. The van der Waals surface area contributed by atoms with Crippen molar-refractivity contribution in [3.63, 3.8) is 0 Å². The smallest absolute Gasteiger partial charge is 0.273 e. The minimum absolute atomic E-state index is 0.0892. The number of piperidine rings is 1. The summed E-state index contributed by atoms with van der Waals surface area (Å²) < 4.78 is 1.63. The van der Waals surface area contributed by atoms with E-state index in [4.69, 9.17) is 11.6 Å². The molecule has 128 valence electrons. The van der Waals surface area contributed by atoms with Gasteiger partial charge < -0.3 is 15.7 Å². The molecule has 1 amide bonds. The van der Waals surface area contributed by atoms with E-state index in [1.54, 1.807) is 11.7 Å². The first-order chi connectivity index (χ1) is 11.0. The average molecular weight is 341 g/mol. The molecular weight excluding hydrogens is 316 g/mol. The molecule has 1 saturated carbocycles. The zero-order valence-electron chi connectivity index (χ0n) is 13.7. The van der Waals surface area contributed by atoms with Crippen molar-refractivity contribution in [1.29, 1.82) is 0 Å². The summed E-state index contributed by atoms with van der Waals surface area (Å²) in [5.74, 6) is 0.588. The fourth-order valence-corrected chi connectivity index (χ4v) is 3.94. The quantitative estimate of drug-likeness (QED) is 0.770. The molecule has 1 atom stereocenters. The number of carbonyl (C=O) groups excluding carboxylic acids is 1. The second-order valence-electron chi connectivity index (χ2n) is 6.84. The molecule has 0 radical (unpaired) electrons. The number of nitrogens with zero attached hydrogens (tertiary/aromatic N) is 2. The van der Waals surface area contributed by atoms with Crippen molar-refractivity contribution < 1.29 is 9.90 Å². The van der Waals surface area contributed by atoms with Gasteiger partial charge in [0, 0.05) is 13.1 Å². The minimum Gasteiger partial charge on any atom is -0.393 e. The molecule has 1 aliphatic carbocycles. The standard InChI is InChI=1S/C16H25ClN4O2/c1-9-13(17)15(20-21(9)2)16(23)19-14(11-7-12(22)8-11)10-3-5-18-6-4-10/h10-12,14,18,22H,3-8H2,1-2H3,(H,19,23)/t11?,12?,14-/m0/s1. The third kappa shape index (κ3) is 3.39. The lowest BCUT2D eigenvalue weighted by molar-refractivity contribution is 0.00912.